The van der Waals surface area contributed by atoms with Crippen LogP contribution in [-0.2, 0) is 16.6 Å². The molecule has 0 aliphatic carbocycles. The van der Waals surface area contributed by atoms with Gasteiger partial charge in [0.2, 0.25) is 0 Å². The van der Waals surface area contributed by atoms with Gasteiger partial charge in [-0.05, 0) is 44.1 Å². The van der Waals surface area contributed by atoms with Gasteiger partial charge in [0.1, 0.15) is 0 Å². The lowest BCUT2D eigenvalue weighted by Gasteiger charge is -2.30. The van der Waals surface area contributed by atoms with Gasteiger partial charge in [-0.15, -0.1) is 0 Å². The van der Waals surface area contributed by atoms with Crippen molar-refractivity contribution in [3.05, 3.63) is 17.5 Å². The van der Waals surface area contributed by atoms with Crippen LogP contribution in [0.25, 0.3) is 0 Å². The van der Waals surface area contributed by atoms with E-state index in [1.807, 2.05) is 6.92 Å². The van der Waals surface area contributed by atoms with Crippen molar-refractivity contribution >= 4 is 10.2 Å². The van der Waals surface area contributed by atoms with Gasteiger partial charge in [0, 0.05) is 31.9 Å². The average molecular weight is 316 g/mol. The molecule has 0 amide bonds. The van der Waals surface area contributed by atoms with E-state index in [-0.39, 0.29) is 12.5 Å². The summed E-state index contributed by atoms with van der Waals surface area (Å²) in [6.45, 7) is 3.50. The van der Waals surface area contributed by atoms with Crippen LogP contribution >= 0.6 is 0 Å². The SMILES string of the molecule is Cc1[nH]ncc1CCCNS(=O)(=O)N1CCC(CO)CC1. The van der Waals surface area contributed by atoms with Gasteiger partial charge in [0.05, 0.1) is 6.20 Å². The van der Waals surface area contributed by atoms with E-state index in [1.165, 1.54) is 4.31 Å². The van der Waals surface area contributed by atoms with Gasteiger partial charge in [-0.3, -0.25) is 5.10 Å². The minimum absolute atomic E-state index is 0.144. The number of hydrogen-bond donors (Lipinski definition) is 3. The fourth-order valence-corrected chi connectivity index (χ4v) is 3.81. The van der Waals surface area contributed by atoms with E-state index < -0.39 is 10.2 Å². The number of aryl methyl sites for hydroxylation is 2. The first-order valence-electron chi connectivity index (χ1n) is 7.37. The standard InChI is InChI=1S/C13H24N4O3S/c1-11-13(9-14-16-11)3-2-6-15-21(19,20)17-7-4-12(10-18)5-8-17/h9,12,15,18H,2-8,10H2,1H3,(H,14,16). The number of aliphatic hydroxyl groups is 1. The first kappa shape index (κ1) is 16.4. The van der Waals surface area contributed by atoms with Crippen molar-refractivity contribution in [3.63, 3.8) is 0 Å². The molecule has 3 N–H and O–H groups in total. The Morgan fingerprint density at radius 2 is 2.19 bits per heavy atom. The van der Waals surface area contributed by atoms with E-state index in [4.69, 9.17) is 5.11 Å². The second kappa shape index (κ2) is 7.35. The van der Waals surface area contributed by atoms with Crippen molar-refractivity contribution in [3.8, 4) is 0 Å². The molecule has 21 heavy (non-hydrogen) atoms. The van der Waals surface area contributed by atoms with E-state index in [1.54, 1.807) is 6.20 Å². The highest BCUT2D eigenvalue weighted by Gasteiger charge is 2.27. The number of aliphatic hydroxyl groups excluding tert-OH is 1. The van der Waals surface area contributed by atoms with Crippen LogP contribution in [0.2, 0.25) is 0 Å². The van der Waals surface area contributed by atoms with Gasteiger partial charge >= 0.3 is 0 Å². The molecule has 1 aliphatic heterocycles. The summed E-state index contributed by atoms with van der Waals surface area (Å²) in [4.78, 5) is 0. The number of nitrogens with zero attached hydrogens (tertiary/aromatic N) is 2. The van der Waals surface area contributed by atoms with Crippen LogP contribution in [0.1, 0.15) is 30.5 Å². The lowest BCUT2D eigenvalue weighted by atomic mass is 10.00. The highest BCUT2D eigenvalue weighted by atomic mass is 32.2. The van der Waals surface area contributed by atoms with Crippen molar-refractivity contribution in [1.82, 2.24) is 19.2 Å². The third-order valence-electron chi connectivity index (χ3n) is 4.01. The second-order valence-electron chi connectivity index (χ2n) is 5.55. The first-order chi connectivity index (χ1) is 10.0. The van der Waals surface area contributed by atoms with E-state index >= 15 is 0 Å². The lowest BCUT2D eigenvalue weighted by Crippen LogP contribution is -2.45. The van der Waals surface area contributed by atoms with Gasteiger partial charge in [0.15, 0.2) is 0 Å². The smallest absolute Gasteiger partial charge is 0.279 e. The maximum Gasteiger partial charge on any atom is 0.279 e. The molecule has 7 nitrogen and oxygen atoms in total. The van der Waals surface area contributed by atoms with E-state index in [0.717, 1.165) is 36.9 Å². The monoisotopic (exact) mass is 316 g/mol. The highest BCUT2D eigenvalue weighted by Crippen LogP contribution is 2.18. The largest absolute Gasteiger partial charge is 0.396 e. The Balaban J connectivity index is 1.73. The predicted molar refractivity (Wildman–Crippen MR) is 80.0 cm³/mol. The molecule has 1 aromatic rings. The molecule has 1 saturated heterocycles. The maximum absolute atomic E-state index is 12.1. The molecule has 1 aliphatic rings. The molecule has 8 heteroatoms. The highest BCUT2D eigenvalue weighted by molar-refractivity contribution is 7.87. The van der Waals surface area contributed by atoms with Crippen molar-refractivity contribution in [1.29, 1.82) is 0 Å². The van der Waals surface area contributed by atoms with Crippen molar-refractivity contribution < 1.29 is 13.5 Å². The molecule has 0 bridgehead atoms. The first-order valence-corrected chi connectivity index (χ1v) is 8.81. The van der Waals surface area contributed by atoms with Gasteiger partial charge < -0.3 is 5.11 Å². The van der Waals surface area contributed by atoms with Crippen LogP contribution in [0.5, 0.6) is 0 Å². The Morgan fingerprint density at radius 1 is 1.48 bits per heavy atom. The number of rotatable bonds is 7. The molecule has 2 rings (SSSR count). The van der Waals surface area contributed by atoms with Crippen LogP contribution < -0.4 is 4.72 Å². The molecule has 0 radical (unpaired) electrons. The molecule has 0 aromatic carbocycles. The lowest BCUT2D eigenvalue weighted by molar-refractivity contribution is 0.169. The number of nitrogens with one attached hydrogen (secondary N) is 2. The van der Waals surface area contributed by atoms with E-state index in [9.17, 15) is 8.42 Å². The number of aromatic nitrogens is 2. The minimum Gasteiger partial charge on any atom is -0.396 e. The van der Waals surface area contributed by atoms with Crippen LogP contribution in [0.15, 0.2) is 6.20 Å². The Kier molecular flexibility index (Phi) is 5.74. The molecule has 2 heterocycles. The summed E-state index contributed by atoms with van der Waals surface area (Å²) >= 11 is 0. The zero-order chi connectivity index (χ0) is 15.3. The molecule has 0 unspecified atom stereocenters. The Labute approximate surface area is 125 Å². The maximum atomic E-state index is 12.1. The van der Waals surface area contributed by atoms with E-state index in [2.05, 4.69) is 14.9 Å². The quantitative estimate of drug-likeness (QED) is 0.625. The van der Waals surface area contributed by atoms with Crippen molar-refractivity contribution in [2.75, 3.05) is 26.2 Å². The Morgan fingerprint density at radius 3 is 2.76 bits per heavy atom. The van der Waals surface area contributed by atoms with Crippen LogP contribution in [0.4, 0.5) is 0 Å². The van der Waals surface area contributed by atoms with E-state index in [0.29, 0.717) is 19.6 Å². The zero-order valence-electron chi connectivity index (χ0n) is 12.4. The zero-order valence-corrected chi connectivity index (χ0v) is 13.2. The summed E-state index contributed by atoms with van der Waals surface area (Å²) in [6, 6.07) is 0. The third kappa shape index (κ3) is 4.50. The number of aromatic amines is 1. The van der Waals surface area contributed by atoms with Crippen molar-refractivity contribution in [2.45, 2.75) is 32.6 Å². The molecule has 1 fully saturated rings. The number of piperidine rings is 1. The predicted octanol–water partition coefficient (Wildman–Crippen LogP) is 0.189. The fraction of sp³-hybridized carbons (Fsp3) is 0.769. The summed E-state index contributed by atoms with van der Waals surface area (Å²) < 4.78 is 28.4. The molecular weight excluding hydrogens is 292 g/mol. The molecule has 0 spiro atoms. The topological polar surface area (TPSA) is 98.3 Å². The van der Waals surface area contributed by atoms with Gasteiger partial charge in [0.25, 0.3) is 10.2 Å². The minimum atomic E-state index is -3.39. The van der Waals surface area contributed by atoms with Crippen LogP contribution in [0.3, 0.4) is 0 Å². The fourth-order valence-electron chi connectivity index (χ4n) is 2.53. The molecule has 0 saturated carbocycles. The summed E-state index contributed by atoms with van der Waals surface area (Å²) in [5.41, 5.74) is 2.15. The molecule has 120 valence electrons. The van der Waals surface area contributed by atoms with Crippen LogP contribution in [-0.4, -0.2) is 54.3 Å². The summed E-state index contributed by atoms with van der Waals surface area (Å²) in [5.74, 6) is 0.237. The summed E-state index contributed by atoms with van der Waals surface area (Å²) in [7, 11) is -3.39. The third-order valence-corrected chi connectivity index (χ3v) is 5.63. The summed E-state index contributed by atoms with van der Waals surface area (Å²) in [5, 5.41) is 15.9. The number of hydrogen-bond acceptors (Lipinski definition) is 4. The van der Waals surface area contributed by atoms with Gasteiger partial charge in [-0.25, -0.2) is 4.72 Å². The molecule has 0 atom stereocenters. The van der Waals surface area contributed by atoms with Gasteiger partial charge in [-0.2, -0.15) is 17.8 Å². The molecule has 1 aromatic heterocycles. The summed E-state index contributed by atoms with van der Waals surface area (Å²) in [6.07, 6.45) is 4.78. The van der Waals surface area contributed by atoms with Crippen LogP contribution in [0, 0.1) is 12.8 Å². The van der Waals surface area contributed by atoms with Crippen molar-refractivity contribution in [2.24, 2.45) is 5.92 Å². The molecular formula is C13H24N4O3S. The van der Waals surface area contributed by atoms with Gasteiger partial charge in [-0.1, -0.05) is 0 Å². The Bertz CT molecular complexity index is 535. The normalized spacial score (nSPS) is 18.2. The average Bonchev–Trinajstić information content (AvgIpc) is 2.89. The Hall–Kier alpha value is -0.960. The number of H-pyrrole nitrogens is 1. The second-order valence-corrected chi connectivity index (χ2v) is 7.30.